The lowest BCUT2D eigenvalue weighted by atomic mass is 10.2. The molecule has 0 aliphatic carbocycles. The average Bonchev–Trinajstić information content (AvgIpc) is 2.36. The normalized spacial score (nSPS) is 12.3. The number of guanidine groups is 1. The van der Waals surface area contributed by atoms with Crippen molar-refractivity contribution in [2.45, 2.75) is 13.5 Å². The fraction of sp³-hybridized carbons (Fsp3) is 0.417. The Balaban J connectivity index is 2.66. The molecule has 118 valence electrons. The predicted molar refractivity (Wildman–Crippen MR) is 87.3 cm³/mol. The first-order valence-corrected chi connectivity index (χ1v) is 8.75. The summed E-state index contributed by atoms with van der Waals surface area (Å²) in [5, 5.41) is 11.9. The van der Waals surface area contributed by atoms with Gasteiger partial charge in [-0.1, -0.05) is 29.3 Å². The van der Waals surface area contributed by atoms with Crippen LogP contribution in [-0.4, -0.2) is 33.2 Å². The number of aliphatic imine (C=N–C) groups is 1. The molecule has 0 spiro atoms. The molecule has 0 aliphatic rings. The van der Waals surface area contributed by atoms with Gasteiger partial charge >= 0.3 is 0 Å². The van der Waals surface area contributed by atoms with Gasteiger partial charge in [-0.05, 0) is 24.6 Å². The van der Waals surface area contributed by atoms with Crippen LogP contribution in [-0.2, 0) is 16.6 Å². The molecule has 4 N–H and O–H groups in total. The van der Waals surface area contributed by atoms with E-state index in [1.54, 1.807) is 18.2 Å². The average molecular weight is 353 g/mol. The second kappa shape index (κ2) is 8.43. The van der Waals surface area contributed by atoms with Gasteiger partial charge in [-0.25, -0.2) is 18.5 Å². The molecule has 0 radical (unpaired) electrons. The lowest BCUT2D eigenvalue weighted by Gasteiger charge is -2.11. The van der Waals surface area contributed by atoms with Gasteiger partial charge in [-0.3, -0.25) is 0 Å². The summed E-state index contributed by atoms with van der Waals surface area (Å²) in [6.45, 7) is 3.08. The first-order chi connectivity index (χ1) is 9.81. The highest BCUT2D eigenvalue weighted by Crippen LogP contribution is 2.21. The zero-order valence-corrected chi connectivity index (χ0v) is 13.9. The second-order valence-electron chi connectivity index (χ2n) is 4.22. The van der Waals surface area contributed by atoms with Gasteiger partial charge in [0.2, 0.25) is 10.0 Å². The molecule has 0 bridgehead atoms. The van der Waals surface area contributed by atoms with Crippen LogP contribution in [0.5, 0.6) is 0 Å². The molecule has 9 heteroatoms. The summed E-state index contributed by atoms with van der Waals surface area (Å²) in [6.07, 6.45) is 0. The summed E-state index contributed by atoms with van der Waals surface area (Å²) >= 11 is 11.9. The van der Waals surface area contributed by atoms with E-state index in [-0.39, 0.29) is 12.3 Å². The van der Waals surface area contributed by atoms with Crippen LogP contribution in [0.4, 0.5) is 0 Å². The molecular weight excluding hydrogens is 335 g/mol. The Kier molecular flexibility index (Phi) is 7.24. The Morgan fingerprint density at radius 3 is 2.62 bits per heavy atom. The molecule has 6 nitrogen and oxygen atoms in total. The van der Waals surface area contributed by atoms with Crippen LogP contribution in [0.3, 0.4) is 0 Å². The van der Waals surface area contributed by atoms with Crippen molar-refractivity contribution in [1.82, 2.24) is 10.6 Å². The van der Waals surface area contributed by atoms with Gasteiger partial charge < -0.3 is 10.6 Å². The summed E-state index contributed by atoms with van der Waals surface area (Å²) in [4.78, 5) is 4.33. The molecule has 0 unspecified atom stereocenters. The largest absolute Gasteiger partial charge is 0.357 e. The third kappa shape index (κ3) is 7.52. The third-order valence-corrected chi connectivity index (χ3v) is 3.81. The zero-order chi connectivity index (χ0) is 15.9. The maximum atomic E-state index is 10.9. The Labute approximate surface area is 134 Å². The highest BCUT2D eigenvalue weighted by Gasteiger charge is 2.05. The maximum Gasteiger partial charge on any atom is 0.210 e. The quantitative estimate of drug-likeness (QED) is 0.531. The molecule has 1 rings (SSSR count). The molecule has 0 saturated carbocycles. The molecule has 1 aromatic rings. The molecule has 0 atom stereocenters. The number of rotatable bonds is 6. The topological polar surface area (TPSA) is 96.6 Å². The van der Waals surface area contributed by atoms with Crippen molar-refractivity contribution in [3.63, 3.8) is 0 Å². The lowest BCUT2D eigenvalue weighted by Crippen LogP contribution is -2.40. The van der Waals surface area contributed by atoms with Crippen molar-refractivity contribution < 1.29 is 8.42 Å². The van der Waals surface area contributed by atoms with Crippen LogP contribution in [0.1, 0.15) is 12.5 Å². The van der Waals surface area contributed by atoms with E-state index in [9.17, 15) is 8.42 Å². The van der Waals surface area contributed by atoms with Crippen LogP contribution in [0.15, 0.2) is 23.2 Å². The van der Waals surface area contributed by atoms with E-state index in [0.717, 1.165) is 5.56 Å². The Hall–Kier alpha value is -1.02. The maximum absolute atomic E-state index is 10.9. The van der Waals surface area contributed by atoms with Gasteiger partial charge in [0, 0.05) is 23.1 Å². The minimum absolute atomic E-state index is 0.168. The van der Waals surface area contributed by atoms with Crippen molar-refractivity contribution >= 4 is 39.2 Å². The van der Waals surface area contributed by atoms with E-state index in [1.807, 2.05) is 6.92 Å². The minimum Gasteiger partial charge on any atom is -0.357 e. The van der Waals surface area contributed by atoms with Crippen LogP contribution in [0.25, 0.3) is 0 Å². The third-order valence-electron chi connectivity index (χ3n) is 2.45. The molecular formula is C12H18Cl2N4O2S. The number of nitrogens with zero attached hydrogens (tertiary/aromatic N) is 1. The molecule has 0 amide bonds. The van der Waals surface area contributed by atoms with E-state index in [4.69, 9.17) is 28.3 Å². The van der Waals surface area contributed by atoms with Crippen LogP contribution >= 0.6 is 23.2 Å². The first kappa shape index (κ1) is 18.0. The highest BCUT2D eigenvalue weighted by atomic mass is 35.5. The number of halogens is 2. The van der Waals surface area contributed by atoms with Gasteiger partial charge in [-0.15, -0.1) is 0 Å². The molecule has 0 aromatic heterocycles. The molecule has 0 heterocycles. The van der Waals surface area contributed by atoms with Crippen LogP contribution < -0.4 is 15.8 Å². The number of benzene rings is 1. The van der Waals surface area contributed by atoms with E-state index in [0.29, 0.717) is 29.1 Å². The number of primary sulfonamides is 1. The summed E-state index contributed by atoms with van der Waals surface area (Å²) < 4.78 is 21.7. The smallest absolute Gasteiger partial charge is 0.210 e. The summed E-state index contributed by atoms with van der Waals surface area (Å²) in [5.74, 6) is 0.325. The molecule has 1 aromatic carbocycles. The Morgan fingerprint density at radius 1 is 1.33 bits per heavy atom. The van der Waals surface area contributed by atoms with Crippen molar-refractivity contribution in [1.29, 1.82) is 0 Å². The summed E-state index contributed by atoms with van der Waals surface area (Å²) in [5.41, 5.74) is 0.824. The first-order valence-electron chi connectivity index (χ1n) is 6.28. The standard InChI is InChI=1S/C12H18Cl2N4O2S/c1-2-16-12(17-5-6-21(15,19)20)18-8-9-3-4-10(13)7-11(9)14/h3-4,7H,2,5-6,8H2,1H3,(H2,15,19,20)(H2,16,17,18). The fourth-order valence-electron chi connectivity index (χ4n) is 1.47. The molecule has 0 fully saturated rings. The summed E-state index contributed by atoms with van der Waals surface area (Å²) in [7, 11) is -3.49. The Bertz CT molecular complexity index is 605. The SMILES string of the molecule is CCNC(=NCc1ccc(Cl)cc1Cl)NCCS(N)(=O)=O. The van der Waals surface area contributed by atoms with E-state index in [2.05, 4.69) is 15.6 Å². The highest BCUT2D eigenvalue weighted by molar-refractivity contribution is 7.89. The fourth-order valence-corrected chi connectivity index (χ4v) is 2.32. The van der Waals surface area contributed by atoms with Gasteiger partial charge in [0.05, 0.1) is 12.3 Å². The van der Waals surface area contributed by atoms with Gasteiger partial charge in [0.25, 0.3) is 0 Å². The number of nitrogens with one attached hydrogen (secondary N) is 2. The second-order valence-corrected chi connectivity index (χ2v) is 6.80. The van der Waals surface area contributed by atoms with Crippen molar-refractivity contribution in [3.05, 3.63) is 33.8 Å². The lowest BCUT2D eigenvalue weighted by molar-refractivity contribution is 0.596. The van der Waals surface area contributed by atoms with Crippen molar-refractivity contribution in [3.8, 4) is 0 Å². The van der Waals surface area contributed by atoms with E-state index < -0.39 is 10.0 Å². The molecule has 21 heavy (non-hydrogen) atoms. The van der Waals surface area contributed by atoms with Crippen LogP contribution in [0.2, 0.25) is 10.0 Å². The number of hydrogen-bond donors (Lipinski definition) is 3. The molecule has 0 saturated heterocycles. The van der Waals surface area contributed by atoms with Crippen molar-refractivity contribution in [2.24, 2.45) is 10.1 Å². The van der Waals surface area contributed by atoms with E-state index in [1.165, 1.54) is 0 Å². The number of nitrogens with two attached hydrogens (primary N) is 1. The van der Waals surface area contributed by atoms with Gasteiger partial charge in [0.15, 0.2) is 5.96 Å². The van der Waals surface area contributed by atoms with Crippen molar-refractivity contribution in [2.75, 3.05) is 18.8 Å². The van der Waals surface area contributed by atoms with Gasteiger partial charge in [0.1, 0.15) is 0 Å². The number of hydrogen-bond acceptors (Lipinski definition) is 3. The minimum atomic E-state index is -3.49. The van der Waals surface area contributed by atoms with E-state index >= 15 is 0 Å². The zero-order valence-electron chi connectivity index (χ0n) is 11.6. The van der Waals surface area contributed by atoms with Crippen LogP contribution in [0, 0.1) is 0 Å². The monoisotopic (exact) mass is 352 g/mol. The van der Waals surface area contributed by atoms with Gasteiger partial charge in [-0.2, -0.15) is 0 Å². The summed E-state index contributed by atoms with van der Waals surface area (Å²) in [6, 6.07) is 5.18. The molecule has 0 aliphatic heterocycles. The predicted octanol–water partition coefficient (Wildman–Crippen LogP) is 1.34. The number of sulfonamides is 1. The Morgan fingerprint density at radius 2 is 2.05 bits per heavy atom.